The molecule has 0 aliphatic rings. The molecule has 112 valence electrons. The Labute approximate surface area is 134 Å². The number of carboxylic acids is 1. The normalized spacial score (nSPS) is 13.9. The van der Waals surface area contributed by atoms with E-state index in [0.29, 0.717) is 10.4 Å². The van der Waals surface area contributed by atoms with Crippen LogP contribution >= 0.6 is 34.5 Å². The summed E-state index contributed by atoms with van der Waals surface area (Å²) in [6, 6.07) is 3.62. The lowest BCUT2D eigenvalue weighted by Gasteiger charge is -2.16. The lowest BCUT2D eigenvalue weighted by Crippen LogP contribution is -2.47. The zero-order valence-corrected chi connectivity index (χ0v) is 13.1. The Balaban J connectivity index is 2.35. The summed E-state index contributed by atoms with van der Waals surface area (Å²) in [5, 5.41) is 22.0. The number of aliphatic hydroxyl groups is 1. The summed E-state index contributed by atoms with van der Waals surface area (Å²) in [4.78, 5) is 23.3. The van der Waals surface area contributed by atoms with Crippen LogP contribution in [-0.4, -0.2) is 34.2 Å². The number of amides is 1. The van der Waals surface area contributed by atoms with Crippen LogP contribution in [0.15, 0.2) is 18.2 Å². The van der Waals surface area contributed by atoms with Crippen LogP contribution in [0.25, 0.3) is 10.1 Å². The number of hydrogen-bond acceptors (Lipinski definition) is 4. The monoisotopic (exact) mass is 347 g/mol. The molecular formula is C13H11Cl2NO4S. The third kappa shape index (κ3) is 3.29. The first-order valence-electron chi connectivity index (χ1n) is 5.90. The molecule has 0 bridgehead atoms. The van der Waals surface area contributed by atoms with E-state index in [4.69, 9.17) is 28.3 Å². The van der Waals surface area contributed by atoms with Crippen molar-refractivity contribution in [3.05, 3.63) is 33.1 Å². The summed E-state index contributed by atoms with van der Waals surface area (Å²) in [5.41, 5.74) is 0. The minimum Gasteiger partial charge on any atom is -0.480 e. The molecule has 2 aromatic rings. The van der Waals surface area contributed by atoms with Crippen LogP contribution in [0.2, 0.25) is 10.0 Å². The lowest BCUT2D eigenvalue weighted by molar-refractivity contribution is -0.141. The molecule has 0 unspecified atom stereocenters. The van der Waals surface area contributed by atoms with Crippen molar-refractivity contribution in [2.75, 3.05) is 0 Å². The molecule has 0 spiro atoms. The minimum atomic E-state index is -1.40. The van der Waals surface area contributed by atoms with Gasteiger partial charge in [-0.3, -0.25) is 4.79 Å². The van der Waals surface area contributed by atoms with E-state index in [9.17, 15) is 14.7 Å². The first-order chi connectivity index (χ1) is 9.81. The highest BCUT2D eigenvalue weighted by Gasteiger charge is 2.27. The average Bonchev–Trinajstić information content (AvgIpc) is 2.71. The van der Waals surface area contributed by atoms with Gasteiger partial charge in [-0.1, -0.05) is 29.3 Å². The standard InChI is InChI=1S/C13H11Cl2NO4S/c1-5(17)10(13(19)20)16-12(18)11-9(15)7-3-2-6(14)4-8(7)21-11/h2-5,10,17H,1H3,(H,16,18)(H,19,20)/t5-,10+/m1/s1. The molecule has 2 atom stereocenters. The molecule has 1 aromatic carbocycles. The quantitative estimate of drug-likeness (QED) is 0.793. The SMILES string of the molecule is C[C@@H](O)[C@H](NC(=O)c1sc2cc(Cl)ccc2c1Cl)C(=O)O. The molecular weight excluding hydrogens is 337 g/mol. The maximum Gasteiger partial charge on any atom is 0.328 e. The van der Waals surface area contributed by atoms with E-state index in [-0.39, 0.29) is 9.90 Å². The van der Waals surface area contributed by atoms with Gasteiger partial charge in [0.1, 0.15) is 4.88 Å². The molecule has 5 nitrogen and oxygen atoms in total. The first-order valence-corrected chi connectivity index (χ1v) is 7.47. The zero-order valence-electron chi connectivity index (χ0n) is 10.8. The van der Waals surface area contributed by atoms with Gasteiger partial charge in [-0.05, 0) is 19.1 Å². The van der Waals surface area contributed by atoms with Crippen LogP contribution in [-0.2, 0) is 4.79 Å². The Morgan fingerprint density at radius 1 is 1.33 bits per heavy atom. The summed E-state index contributed by atoms with van der Waals surface area (Å²) in [5.74, 6) is -1.97. The van der Waals surface area contributed by atoms with Crippen molar-refractivity contribution >= 4 is 56.5 Å². The Kier molecular flexibility index (Phi) is 4.73. The molecule has 0 aliphatic heterocycles. The zero-order chi connectivity index (χ0) is 15.7. The number of thiophene rings is 1. The number of benzene rings is 1. The molecule has 8 heteroatoms. The van der Waals surface area contributed by atoms with E-state index >= 15 is 0 Å². The number of hydrogen-bond donors (Lipinski definition) is 3. The van der Waals surface area contributed by atoms with Crippen LogP contribution in [0.1, 0.15) is 16.6 Å². The molecule has 1 heterocycles. The van der Waals surface area contributed by atoms with Crippen LogP contribution < -0.4 is 5.32 Å². The Morgan fingerprint density at radius 3 is 2.57 bits per heavy atom. The maximum absolute atomic E-state index is 12.1. The predicted octanol–water partition coefficient (Wildman–Crippen LogP) is 2.77. The fourth-order valence-corrected chi connectivity index (χ4v) is 3.48. The van der Waals surface area contributed by atoms with E-state index in [1.165, 1.54) is 6.92 Å². The molecule has 3 N–H and O–H groups in total. The highest BCUT2D eigenvalue weighted by molar-refractivity contribution is 7.21. The molecule has 21 heavy (non-hydrogen) atoms. The molecule has 0 saturated carbocycles. The molecule has 0 radical (unpaired) electrons. The van der Waals surface area contributed by atoms with Gasteiger partial charge in [0, 0.05) is 15.1 Å². The molecule has 1 aromatic heterocycles. The maximum atomic E-state index is 12.1. The number of carboxylic acid groups (broad SMARTS) is 1. The van der Waals surface area contributed by atoms with Crippen molar-refractivity contribution < 1.29 is 19.8 Å². The third-order valence-electron chi connectivity index (χ3n) is 2.83. The number of aliphatic carboxylic acids is 1. The van der Waals surface area contributed by atoms with Gasteiger partial charge in [-0.25, -0.2) is 4.79 Å². The van der Waals surface area contributed by atoms with Gasteiger partial charge in [0.2, 0.25) is 0 Å². The van der Waals surface area contributed by atoms with Crippen molar-refractivity contribution in [1.82, 2.24) is 5.32 Å². The Hall–Kier alpha value is -1.34. The van der Waals surface area contributed by atoms with E-state index in [2.05, 4.69) is 5.32 Å². The van der Waals surface area contributed by atoms with Gasteiger partial charge >= 0.3 is 5.97 Å². The topological polar surface area (TPSA) is 86.6 Å². The minimum absolute atomic E-state index is 0.181. The van der Waals surface area contributed by atoms with Crippen molar-refractivity contribution in [3.63, 3.8) is 0 Å². The summed E-state index contributed by atoms with van der Waals surface area (Å²) in [6.45, 7) is 1.28. The number of carbonyl (C=O) groups is 2. The first kappa shape index (κ1) is 16.0. The van der Waals surface area contributed by atoms with Crippen LogP contribution in [0.4, 0.5) is 0 Å². The van der Waals surface area contributed by atoms with Crippen LogP contribution in [0.5, 0.6) is 0 Å². The highest BCUT2D eigenvalue weighted by atomic mass is 35.5. The second-order valence-corrected chi connectivity index (χ2v) is 6.28. The molecule has 0 saturated heterocycles. The van der Waals surface area contributed by atoms with Crippen molar-refractivity contribution in [2.24, 2.45) is 0 Å². The fraction of sp³-hybridized carbons (Fsp3) is 0.231. The van der Waals surface area contributed by atoms with Crippen molar-refractivity contribution in [2.45, 2.75) is 19.1 Å². The van der Waals surface area contributed by atoms with Crippen molar-refractivity contribution in [1.29, 1.82) is 0 Å². The smallest absolute Gasteiger partial charge is 0.328 e. The van der Waals surface area contributed by atoms with Gasteiger partial charge in [0.25, 0.3) is 5.91 Å². The van der Waals surface area contributed by atoms with Gasteiger partial charge < -0.3 is 15.5 Å². The number of rotatable bonds is 4. The number of fused-ring (bicyclic) bond motifs is 1. The van der Waals surface area contributed by atoms with Crippen LogP contribution in [0.3, 0.4) is 0 Å². The second-order valence-electron chi connectivity index (χ2n) is 4.42. The number of carbonyl (C=O) groups excluding carboxylic acids is 1. The predicted molar refractivity (Wildman–Crippen MR) is 82.4 cm³/mol. The van der Waals surface area contributed by atoms with E-state index in [0.717, 1.165) is 16.0 Å². The van der Waals surface area contributed by atoms with Crippen LogP contribution in [0, 0.1) is 0 Å². The van der Waals surface area contributed by atoms with Gasteiger partial charge in [-0.15, -0.1) is 11.3 Å². The van der Waals surface area contributed by atoms with Crippen molar-refractivity contribution in [3.8, 4) is 0 Å². The molecule has 0 aliphatic carbocycles. The fourth-order valence-electron chi connectivity index (χ4n) is 1.78. The van der Waals surface area contributed by atoms with Gasteiger partial charge in [0.15, 0.2) is 6.04 Å². The molecule has 0 fully saturated rings. The average molecular weight is 348 g/mol. The molecule has 2 rings (SSSR count). The summed E-state index contributed by atoms with van der Waals surface area (Å²) >= 11 is 13.1. The number of aliphatic hydroxyl groups excluding tert-OH is 1. The largest absolute Gasteiger partial charge is 0.480 e. The second kappa shape index (κ2) is 6.19. The Morgan fingerprint density at radius 2 is 2.00 bits per heavy atom. The summed E-state index contributed by atoms with van der Waals surface area (Å²) in [6.07, 6.45) is -1.23. The van der Waals surface area contributed by atoms with E-state index < -0.39 is 24.0 Å². The highest BCUT2D eigenvalue weighted by Crippen LogP contribution is 2.36. The van der Waals surface area contributed by atoms with Gasteiger partial charge in [-0.2, -0.15) is 0 Å². The van der Waals surface area contributed by atoms with E-state index in [1.54, 1.807) is 18.2 Å². The number of halogens is 2. The van der Waals surface area contributed by atoms with E-state index in [1.807, 2.05) is 0 Å². The third-order valence-corrected chi connectivity index (χ3v) is 4.72. The Bertz CT molecular complexity index is 714. The molecule has 1 amide bonds. The lowest BCUT2D eigenvalue weighted by atomic mass is 10.2. The van der Waals surface area contributed by atoms with Gasteiger partial charge in [0.05, 0.1) is 11.1 Å². The summed E-state index contributed by atoms with van der Waals surface area (Å²) < 4.78 is 0.724. The summed E-state index contributed by atoms with van der Waals surface area (Å²) in [7, 11) is 0. The number of nitrogens with one attached hydrogen (secondary N) is 1.